The number of benzene rings is 2. The molecule has 0 fully saturated rings. The third kappa shape index (κ3) is 21.2. The van der Waals surface area contributed by atoms with Crippen LogP contribution in [0.1, 0.15) is 116 Å². The second-order valence-corrected chi connectivity index (χ2v) is 16.3. The molecule has 368 valence electrons. The molecule has 69 heavy (non-hydrogen) atoms. The topological polar surface area (TPSA) is 244 Å². The molecule has 1 heterocycles. The van der Waals surface area contributed by atoms with Gasteiger partial charge in [0, 0.05) is 51.3 Å². The zero-order valence-corrected chi connectivity index (χ0v) is 40.1. The highest BCUT2D eigenvalue weighted by molar-refractivity contribution is 6.00. The summed E-state index contributed by atoms with van der Waals surface area (Å²) < 4.78 is 22.6. The number of nitrogens with zero attached hydrogens (tertiary/aromatic N) is 4. The molecule has 1 aromatic heterocycles. The number of amides is 2. The Labute approximate surface area is 404 Å². The van der Waals surface area contributed by atoms with Crippen molar-refractivity contribution in [3.05, 3.63) is 138 Å². The van der Waals surface area contributed by atoms with E-state index in [1.807, 2.05) is 6.08 Å². The summed E-state index contributed by atoms with van der Waals surface area (Å²) in [5.41, 5.74) is 9.91. The van der Waals surface area contributed by atoms with Crippen molar-refractivity contribution in [2.45, 2.75) is 91.1 Å². The largest absolute Gasteiger partial charge is 0.465 e. The van der Waals surface area contributed by atoms with Gasteiger partial charge in [-0.3, -0.25) is 19.4 Å². The number of ether oxygens (including phenoxy) is 4. The summed E-state index contributed by atoms with van der Waals surface area (Å²) in [5.74, 6) is -5.55. The van der Waals surface area contributed by atoms with E-state index in [4.69, 9.17) is 30.4 Å². The SMILES string of the molecule is CCC=CCC=CCC=CCCCC=CCCCC(=O)OCC(C)(C)C(OC(=O)c1ccccc1OC(=O)c1ccccc1OC(=O)c1cccnc1)C(=O)NCCC(=O)N=C(N)N=C(N)N(C)C. The van der Waals surface area contributed by atoms with Crippen molar-refractivity contribution in [2.75, 3.05) is 27.2 Å². The lowest BCUT2D eigenvalue weighted by Crippen LogP contribution is -2.49. The van der Waals surface area contributed by atoms with Crippen LogP contribution in [0.4, 0.5) is 0 Å². The fourth-order valence-electron chi connectivity index (χ4n) is 5.99. The number of hydrogen-bond acceptors (Lipinski definition) is 11. The molecular weight excluding hydrogens is 883 g/mol. The average molecular weight is 948 g/mol. The molecule has 1 unspecified atom stereocenters. The minimum atomic E-state index is -1.61. The molecule has 3 rings (SSSR count). The standard InChI is InChI=1S/C52H65N7O10/c1-6-7-8-9-10-11-12-13-14-15-16-17-18-19-20-21-32-44(61)66-37-52(2,3)45(46(62)56-35-33-43(60)57-50(53)58-51(54)59(4)5)69-49(65)40-29-23-25-31-42(40)68-48(64)39-28-22-24-30-41(39)67-47(63)38-27-26-34-55-36-38/h7-8,10-11,13-14,18-19,22-31,34,36,45H,6,9,12,15-17,20-21,32-33,35,37H2,1-5H3,(H,56,62)(H4,53,54,57,58,60). The summed E-state index contributed by atoms with van der Waals surface area (Å²) in [7, 11) is 3.25. The van der Waals surface area contributed by atoms with Gasteiger partial charge in [0.25, 0.3) is 11.8 Å². The molecular formula is C52H65N7O10. The number of allylic oxidation sites excluding steroid dienone is 8. The van der Waals surface area contributed by atoms with E-state index >= 15 is 0 Å². The average Bonchev–Trinajstić information content (AvgIpc) is 3.32. The molecule has 3 aromatic rings. The van der Waals surface area contributed by atoms with Crippen LogP contribution in [-0.2, 0) is 23.9 Å². The summed E-state index contributed by atoms with van der Waals surface area (Å²) >= 11 is 0. The molecule has 0 aliphatic carbocycles. The van der Waals surface area contributed by atoms with Crippen molar-refractivity contribution in [2.24, 2.45) is 26.9 Å². The first-order chi connectivity index (χ1) is 33.1. The number of carbonyl (C=O) groups excluding carboxylic acids is 6. The Morgan fingerprint density at radius 1 is 0.725 bits per heavy atom. The number of esters is 4. The summed E-state index contributed by atoms with van der Waals surface area (Å²) in [6.07, 6.45) is 25.2. The van der Waals surface area contributed by atoms with Crippen molar-refractivity contribution in [1.29, 1.82) is 0 Å². The Bertz CT molecular complexity index is 2350. The van der Waals surface area contributed by atoms with E-state index in [9.17, 15) is 28.8 Å². The van der Waals surface area contributed by atoms with Crippen molar-refractivity contribution in [3.8, 4) is 11.5 Å². The highest BCUT2D eigenvalue weighted by Crippen LogP contribution is 2.29. The van der Waals surface area contributed by atoms with Gasteiger partial charge in [-0.25, -0.2) is 14.4 Å². The quantitative estimate of drug-likeness (QED) is 0.0175. The fourth-order valence-corrected chi connectivity index (χ4v) is 5.99. The van der Waals surface area contributed by atoms with Crippen LogP contribution in [0.2, 0.25) is 0 Å². The molecule has 0 spiro atoms. The van der Waals surface area contributed by atoms with Gasteiger partial charge < -0.3 is 40.6 Å². The van der Waals surface area contributed by atoms with Gasteiger partial charge in [-0.05, 0) is 87.8 Å². The van der Waals surface area contributed by atoms with Gasteiger partial charge in [0.1, 0.15) is 29.2 Å². The number of rotatable bonds is 26. The van der Waals surface area contributed by atoms with Crippen LogP contribution >= 0.6 is 0 Å². The number of hydrogen-bond donors (Lipinski definition) is 3. The van der Waals surface area contributed by atoms with Crippen LogP contribution < -0.4 is 26.3 Å². The number of nitrogens with one attached hydrogen (secondary N) is 1. The van der Waals surface area contributed by atoms with Crippen molar-refractivity contribution in [3.63, 3.8) is 0 Å². The molecule has 2 aromatic carbocycles. The van der Waals surface area contributed by atoms with E-state index in [1.165, 1.54) is 65.8 Å². The molecule has 0 aliphatic rings. The van der Waals surface area contributed by atoms with Crippen LogP contribution in [0.3, 0.4) is 0 Å². The van der Waals surface area contributed by atoms with E-state index in [0.29, 0.717) is 12.8 Å². The molecule has 5 N–H and O–H groups in total. The molecule has 0 aliphatic heterocycles. The van der Waals surface area contributed by atoms with Crippen LogP contribution in [0.5, 0.6) is 11.5 Å². The van der Waals surface area contributed by atoms with E-state index in [-0.39, 0.29) is 66.1 Å². The number of aliphatic imine (C=N–C) groups is 2. The van der Waals surface area contributed by atoms with Crippen LogP contribution in [0.15, 0.2) is 132 Å². The first-order valence-corrected chi connectivity index (χ1v) is 22.8. The number of aromatic nitrogens is 1. The maximum atomic E-state index is 14.0. The van der Waals surface area contributed by atoms with E-state index in [0.717, 1.165) is 38.5 Å². The maximum Gasteiger partial charge on any atom is 0.347 e. The zero-order valence-electron chi connectivity index (χ0n) is 40.1. The molecule has 17 heteroatoms. The van der Waals surface area contributed by atoms with Gasteiger partial charge in [-0.1, -0.05) is 93.6 Å². The van der Waals surface area contributed by atoms with Gasteiger partial charge in [0.15, 0.2) is 12.1 Å². The Morgan fingerprint density at radius 3 is 1.93 bits per heavy atom. The van der Waals surface area contributed by atoms with Crippen molar-refractivity contribution >= 4 is 47.6 Å². The van der Waals surface area contributed by atoms with Gasteiger partial charge in [0.05, 0.1) is 5.56 Å². The van der Waals surface area contributed by atoms with Crippen LogP contribution in [-0.4, -0.2) is 90.8 Å². The summed E-state index contributed by atoms with van der Waals surface area (Å²) in [6.45, 7) is 4.68. The predicted molar refractivity (Wildman–Crippen MR) is 264 cm³/mol. The predicted octanol–water partition coefficient (Wildman–Crippen LogP) is 7.59. The second kappa shape index (κ2) is 30.6. The number of para-hydroxylation sites is 2. The van der Waals surface area contributed by atoms with E-state index in [1.54, 1.807) is 40.1 Å². The zero-order chi connectivity index (χ0) is 50.4. The summed E-state index contributed by atoms with van der Waals surface area (Å²) in [6, 6.07) is 14.6. The molecule has 0 radical (unpaired) electrons. The fraction of sp³-hybridized carbons (Fsp3) is 0.365. The van der Waals surface area contributed by atoms with Crippen molar-refractivity contribution < 1.29 is 47.7 Å². The van der Waals surface area contributed by atoms with E-state index < -0.39 is 47.2 Å². The monoisotopic (exact) mass is 947 g/mol. The summed E-state index contributed by atoms with van der Waals surface area (Å²) in [4.78, 5) is 92.5. The first kappa shape index (κ1) is 55.6. The number of guanidine groups is 2. The minimum Gasteiger partial charge on any atom is -0.465 e. The number of unbranched alkanes of at least 4 members (excludes halogenated alkanes) is 3. The first-order valence-electron chi connectivity index (χ1n) is 22.8. The van der Waals surface area contributed by atoms with Crippen LogP contribution in [0, 0.1) is 5.41 Å². The minimum absolute atomic E-state index is 0.0190. The number of nitrogens with two attached hydrogens (primary N) is 2. The maximum absolute atomic E-state index is 14.0. The van der Waals surface area contributed by atoms with Crippen LogP contribution in [0.25, 0.3) is 0 Å². The lowest BCUT2D eigenvalue weighted by molar-refractivity contribution is -0.153. The Balaban J connectivity index is 1.67. The van der Waals surface area contributed by atoms with Gasteiger partial charge in [0.2, 0.25) is 5.96 Å². The highest BCUT2D eigenvalue weighted by atomic mass is 16.6. The van der Waals surface area contributed by atoms with Gasteiger partial charge >= 0.3 is 23.9 Å². The van der Waals surface area contributed by atoms with E-state index in [2.05, 4.69) is 69.7 Å². The molecule has 17 nitrogen and oxygen atoms in total. The number of carbonyl (C=O) groups is 6. The van der Waals surface area contributed by atoms with Gasteiger partial charge in [-0.2, -0.15) is 9.98 Å². The lowest BCUT2D eigenvalue weighted by Gasteiger charge is -2.32. The third-order valence-electron chi connectivity index (χ3n) is 9.80. The van der Waals surface area contributed by atoms with Crippen molar-refractivity contribution in [1.82, 2.24) is 15.2 Å². The molecule has 0 bridgehead atoms. The smallest absolute Gasteiger partial charge is 0.347 e. The lowest BCUT2D eigenvalue weighted by atomic mass is 9.86. The normalized spacial score (nSPS) is 12.6. The Morgan fingerprint density at radius 2 is 1.30 bits per heavy atom. The summed E-state index contributed by atoms with van der Waals surface area (Å²) in [5, 5.41) is 2.58. The Kier molecular flexibility index (Phi) is 24.6. The number of pyridine rings is 1. The second-order valence-electron chi connectivity index (χ2n) is 16.3. The molecule has 0 saturated heterocycles. The highest BCUT2D eigenvalue weighted by Gasteiger charge is 2.40. The molecule has 0 saturated carbocycles. The molecule has 1 atom stereocenters. The van der Waals surface area contributed by atoms with Gasteiger partial charge in [-0.15, -0.1) is 0 Å². The Hall–Kier alpha value is -7.69. The molecule has 2 amide bonds. The third-order valence-corrected chi connectivity index (χ3v) is 9.80.